The van der Waals surface area contributed by atoms with Gasteiger partial charge in [0, 0.05) is 24.1 Å². The Kier molecular flexibility index (Phi) is 4.40. The molecule has 3 heterocycles. The summed E-state index contributed by atoms with van der Waals surface area (Å²) in [5.74, 6) is -1.05. The van der Waals surface area contributed by atoms with Gasteiger partial charge >= 0.3 is 5.97 Å². The van der Waals surface area contributed by atoms with Gasteiger partial charge in [0.05, 0.1) is 17.9 Å². The van der Waals surface area contributed by atoms with Gasteiger partial charge in [0.2, 0.25) is 0 Å². The molecule has 1 aliphatic heterocycles. The molecule has 24 heavy (non-hydrogen) atoms. The predicted molar refractivity (Wildman–Crippen MR) is 85.7 cm³/mol. The fraction of sp³-hybridized carbons (Fsp3) is 0.625. The van der Waals surface area contributed by atoms with E-state index in [0.717, 1.165) is 43.7 Å². The average Bonchev–Trinajstić information content (AvgIpc) is 3.15. The van der Waals surface area contributed by atoms with E-state index in [1.165, 1.54) is 6.20 Å². The molecule has 0 bridgehead atoms. The molecule has 130 valence electrons. The Balaban J connectivity index is 1.70. The van der Waals surface area contributed by atoms with Gasteiger partial charge in [-0.05, 0) is 19.4 Å². The van der Waals surface area contributed by atoms with Crippen molar-refractivity contribution >= 4 is 5.97 Å². The molecule has 1 aliphatic rings. The number of carboxylic acid groups (broad SMARTS) is 1. The molecular formula is C16H23N5O3. The highest BCUT2D eigenvalue weighted by Crippen LogP contribution is 2.27. The summed E-state index contributed by atoms with van der Waals surface area (Å²) in [7, 11) is 0. The van der Waals surface area contributed by atoms with Crippen molar-refractivity contribution in [3.63, 3.8) is 0 Å². The Morgan fingerprint density at radius 2 is 2.25 bits per heavy atom. The lowest BCUT2D eigenvalue weighted by molar-refractivity contribution is 0.0690. The number of carboxylic acids is 1. The SMILES string of the molecule is CC(C)(C)c1nocc1CN1CCCC(n2cc(C(=O)O)nn2)C1. The van der Waals surface area contributed by atoms with Crippen molar-refractivity contribution in [3.8, 4) is 0 Å². The smallest absolute Gasteiger partial charge is 0.358 e. The van der Waals surface area contributed by atoms with Crippen molar-refractivity contribution in [2.75, 3.05) is 13.1 Å². The number of nitrogens with zero attached hydrogens (tertiary/aromatic N) is 5. The van der Waals surface area contributed by atoms with Gasteiger partial charge in [-0.25, -0.2) is 9.48 Å². The van der Waals surface area contributed by atoms with Crippen LogP contribution in [0.4, 0.5) is 0 Å². The lowest BCUT2D eigenvalue weighted by Gasteiger charge is -2.32. The Morgan fingerprint density at radius 3 is 2.92 bits per heavy atom. The fourth-order valence-corrected chi connectivity index (χ4v) is 3.17. The van der Waals surface area contributed by atoms with Crippen molar-refractivity contribution in [1.82, 2.24) is 25.1 Å². The van der Waals surface area contributed by atoms with E-state index in [1.54, 1.807) is 10.9 Å². The van der Waals surface area contributed by atoms with Crippen LogP contribution < -0.4 is 0 Å². The van der Waals surface area contributed by atoms with Gasteiger partial charge < -0.3 is 9.63 Å². The number of carbonyl (C=O) groups is 1. The van der Waals surface area contributed by atoms with Gasteiger partial charge in [-0.2, -0.15) is 0 Å². The Labute approximate surface area is 140 Å². The molecule has 8 nitrogen and oxygen atoms in total. The highest BCUT2D eigenvalue weighted by molar-refractivity contribution is 5.84. The van der Waals surface area contributed by atoms with Crippen molar-refractivity contribution < 1.29 is 14.4 Å². The molecule has 1 unspecified atom stereocenters. The van der Waals surface area contributed by atoms with Crippen LogP contribution in [0.1, 0.15) is 61.4 Å². The van der Waals surface area contributed by atoms with Crippen LogP contribution >= 0.6 is 0 Å². The molecule has 0 aliphatic carbocycles. The lowest BCUT2D eigenvalue weighted by atomic mass is 9.89. The Bertz CT molecular complexity index is 715. The van der Waals surface area contributed by atoms with E-state index in [0.29, 0.717) is 0 Å². The number of rotatable bonds is 4. The van der Waals surface area contributed by atoms with Crippen molar-refractivity contribution in [1.29, 1.82) is 0 Å². The van der Waals surface area contributed by atoms with Crippen LogP contribution in [0, 0.1) is 0 Å². The molecule has 8 heteroatoms. The molecule has 0 saturated carbocycles. The zero-order valence-electron chi connectivity index (χ0n) is 14.3. The Morgan fingerprint density at radius 1 is 1.46 bits per heavy atom. The number of piperidine rings is 1. The standard InChI is InChI=1S/C16H23N5O3/c1-16(2,3)14-11(10-24-18-14)7-20-6-4-5-12(8-20)21-9-13(15(22)23)17-19-21/h9-10,12H,4-8H2,1-3H3,(H,22,23). The van der Waals surface area contributed by atoms with Crippen molar-refractivity contribution in [3.05, 3.63) is 29.4 Å². The van der Waals surface area contributed by atoms with Crippen molar-refractivity contribution in [2.24, 2.45) is 0 Å². The molecule has 1 fully saturated rings. The number of likely N-dealkylation sites (tertiary alicyclic amines) is 1. The summed E-state index contributed by atoms with van der Waals surface area (Å²) in [5, 5.41) is 20.8. The summed E-state index contributed by atoms with van der Waals surface area (Å²) in [5.41, 5.74) is 2.02. The molecule has 2 aromatic heterocycles. The molecule has 0 spiro atoms. The normalized spacial score (nSPS) is 19.5. The maximum atomic E-state index is 11.0. The van der Waals surface area contributed by atoms with Crippen LogP contribution in [0.3, 0.4) is 0 Å². The minimum Gasteiger partial charge on any atom is -0.476 e. The third kappa shape index (κ3) is 3.48. The molecule has 3 rings (SSSR count). The number of hydrogen-bond acceptors (Lipinski definition) is 6. The van der Waals surface area contributed by atoms with Gasteiger partial charge in [0.15, 0.2) is 5.69 Å². The second kappa shape index (κ2) is 6.35. The molecule has 0 aromatic carbocycles. The van der Waals surface area contributed by atoms with E-state index in [9.17, 15) is 4.79 Å². The first-order valence-electron chi connectivity index (χ1n) is 8.16. The molecule has 1 N–H and O–H groups in total. The first-order chi connectivity index (χ1) is 11.3. The van der Waals surface area contributed by atoms with E-state index >= 15 is 0 Å². The molecule has 0 radical (unpaired) electrons. The summed E-state index contributed by atoms with van der Waals surface area (Å²) in [4.78, 5) is 13.3. The van der Waals surface area contributed by atoms with Gasteiger partial charge in [0.1, 0.15) is 6.26 Å². The third-order valence-electron chi connectivity index (χ3n) is 4.33. The first-order valence-corrected chi connectivity index (χ1v) is 8.16. The van der Waals surface area contributed by atoms with Crippen LogP contribution in [-0.4, -0.2) is 49.2 Å². The van der Waals surface area contributed by atoms with Gasteiger partial charge in [-0.15, -0.1) is 5.10 Å². The number of aromatic carboxylic acids is 1. The maximum Gasteiger partial charge on any atom is 0.358 e. The van der Waals surface area contributed by atoms with Crippen LogP contribution in [0.25, 0.3) is 0 Å². The summed E-state index contributed by atoms with van der Waals surface area (Å²) in [6.07, 6.45) is 5.23. The fourth-order valence-electron chi connectivity index (χ4n) is 3.17. The topological polar surface area (TPSA) is 97.3 Å². The van der Waals surface area contributed by atoms with E-state index in [-0.39, 0.29) is 17.2 Å². The lowest BCUT2D eigenvalue weighted by Crippen LogP contribution is -2.36. The minimum absolute atomic E-state index is 0.0128. The third-order valence-corrected chi connectivity index (χ3v) is 4.33. The van der Waals surface area contributed by atoms with E-state index in [4.69, 9.17) is 9.63 Å². The monoisotopic (exact) mass is 333 g/mol. The van der Waals surface area contributed by atoms with Crippen molar-refractivity contribution in [2.45, 2.75) is 51.6 Å². The summed E-state index contributed by atoms with van der Waals surface area (Å²) < 4.78 is 6.86. The Hall–Kier alpha value is -2.22. The highest BCUT2D eigenvalue weighted by atomic mass is 16.5. The van der Waals surface area contributed by atoms with Gasteiger partial charge in [0.25, 0.3) is 0 Å². The zero-order chi connectivity index (χ0) is 17.3. The average molecular weight is 333 g/mol. The van der Waals surface area contributed by atoms with Crippen LogP contribution in [0.5, 0.6) is 0 Å². The maximum absolute atomic E-state index is 11.0. The number of aromatic nitrogens is 4. The molecule has 1 atom stereocenters. The summed E-state index contributed by atoms with van der Waals surface area (Å²) in [6.45, 7) is 8.93. The second-order valence-electron chi connectivity index (χ2n) is 7.36. The minimum atomic E-state index is -1.05. The van der Waals surface area contributed by atoms with Gasteiger partial charge in [-0.1, -0.05) is 31.1 Å². The van der Waals surface area contributed by atoms with Crippen LogP contribution in [-0.2, 0) is 12.0 Å². The second-order valence-corrected chi connectivity index (χ2v) is 7.36. The van der Waals surface area contributed by atoms with E-state index < -0.39 is 5.97 Å². The van der Waals surface area contributed by atoms with Crippen LogP contribution in [0.15, 0.2) is 17.0 Å². The van der Waals surface area contributed by atoms with E-state index in [2.05, 4.69) is 41.1 Å². The first kappa shape index (κ1) is 16.6. The molecule has 1 saturated heterocycles. The molecular weight excluding hydrogens is 310 g/mol. The summed E-state index contributed by atoms with van der Waals surface area (Å²) >= 11 is 0. The molecule has 2 aromatic rings. The highest BCUT2D eigenvalue weighted by Gasteiger charge is 2.27. The largest absolute Gasteiger partial charge is 0.476 e. The predicted octanol–water partition coefficient (Wildman–Crippen LogP) is 2.10. The van der Waals surface area contributed by atoms with E-state index in [1.807, 2.05) is 0 Å². The zero-order valence-corrected chi connectivity index (χ0v) is 14.3. The number of hydrogen-bond donors (Lipinski definition) is 1. The van der Waals surface area contributed by atoms with Gasteiger partial charge in [-0.3, -0.25) is 4.90 Å². The molecule has 0 amide bonds. The quantitative estimate of drug-likeness (QED) is 0.915. The van der Waals surface area contributed by atoms with Crippen LogP contribution in [0.2, 0.25) is 0 Å². The summed E-state index contributed by atoms with van der Waals surface area (Å²) in [6, 6.07) is 0.136.